The molecule has 1 aliphatic heterocycles. The first-order valence-corrected chi connectivity index (χ1v) is 8.55. The first-order valence-electron chi connectivity index (χ1n) is 8.55. The fourth-order valence-corrected chi connectivity index (χ4v) is 3.23. The zero-order valence-electron chi connectivity index (χ0n) is 14.1. The Balaban J connectivity index is 1.74. The zero-order valence-corrected chi connectivity index (χ0v) is 14.1. The molecule has 0 radical (unpaired) electrons. The molecular formula is C19H24N4O2. The van der Waals surface area contributed by atoms with E-state index in [1.54, 1.807) is 0 Å². The summed E-state index contributed by atoms with van der Waals surface area (Å²) in [5, 5.41) is 8.15. The van der Waals surface area contributed by atoms with Gasteiger partial charge >= 0.3 is 0 Å². The van der Waals surface area contributed by atoms with Crippen LogP contribution < -0.4 is 22.1 Å². The molecule has 0 saturated carbocycles. The van der Waals surface area contributed by atoms with Crippen LogP contribution in [0.4, 0.5) is 0 Å². The molecule has 2 amide bonds. The van der Waals surface area contributed by atoms with Gasteiger partial charge in [0.2, 0.25) is 11.8 Å². The number of amides is 2. The van der Waals surface area contributed by atoms with Crippen LogP contribution in [0.25, 0.3) is 10.8 Å². The largest absolute Gasteiger partial charge is 0.368 e. The minimum absolute atomic E-state index is 0.307. The fraction of sp³-hybridized carbons (Fsp3) is 0.368. The number of fused-ring (bicyclic) bond motifs is 1. The lowest BCUT2D eigenvalue weighted by Crippen LogP contribution is -2.62. The van der Waals surface area contributed by atoms with E-state index < -0.39 is 17.5 Å². The van der Waals surface area contributed by atoms with E-state index in [9.17, 15) is 9.59 Å². The summed E-state index contributed by atoms with van der Waals surface area (Å²) in [5.41, 5.74) is 11.7. The molecule has 1 aliphatic rings. The monoisotopic (exact) mass is 340 g/mol. The maximum atomic E-state index is 12.6. The summed E-state index contributed by atoms with van der Waals surface area (Å²) in [5.74, 6) is -0.863. The Morgan fingerprint density at radius 1 is 1.12 bits per heavy atom. The van der Waals surface area contributed by atoms with Gasteiger partial charge < -0.3 is 22.1 Å². The number of piperidine rings is 1. The molecule has 1 heterocycles. The number of carbonyl (C=O) groups is 2. The van der Waals surface area contributed by atoms with Crippen LogP contribution in [0.5, 0.6) is 0 Å². The average Bonchev–Trinajstić information content (AvgIpc) is 2.61. The molecule has 132 valence electrons. The molecule has 1 fully saturated rings. The number of hydrogen-bond donors (Lipinski definition) is 4. The minimum atomic E-state index is -0.942. The molecule has 25 heavy (non-hydrogen) atoms. The number of primary amides is 1. The van der Waals surface area contributed by atoms with Gasteiger partial charge in [-0.3, -0.25) is 9.59 Å². The SMILES string of the molecule is NC(=O)[C@@H](Cc1ccc2ccccc2c1)NC(=O)C1(N)CCNCC1. The molecule has 0 bridgehead atoms. The third kappa shape index (κ3) is 3.97. The normalized spacial score (nSPS) is 17.8. The van der Waals surface area contributed by atoms with Crippen molar-refractivity contribution in [2.45, 2.75) is 30.8 Å². The van der Waals surface area contributed by atoms with E-state index in [1.807, 2.05) is 42.5 Å². The van der Waals surface area contributed by atoms with Gasteiger partial charge in [0.05, 0.1) is 5.54 Å². The maximum absolute atomic E-state index is 12.6. The van der Waals surface area contributed by atoms with E-state index in [0.29, 0.717) is 32.4 Å². The number of nitrogens with one attached hydrogen (secondary N) is 2. The van der Waals surface area contributed by atoms with Gasteiger partial charge in [-0.25, -0.2) is 0 Å². The maximum Gasteiger partial charge on any atom is 0.240 e. The zero-order chi connectivity index (χ0) is 17.9. The predicted molar refractivity (Wildman–Crippen MR) is 97.8 cm³/mol. The molecule has 2 aromatic carbocycles. The van der Waals surface area contributed by atoms with Crippen LogP contribution in [-0.4, -0.2) is 36.5 Å². The van der Waals surface area contributed by atoms with E-state index in [-0.39, 0.29) is 5.91 Å². The molecule has 1 saturated heterocycles. The van der Waals surface area contributed by atoms with E-state index in [1.165, 1.54) is 0 Å². The second-order valence-electron chi connectivity index (χ2n) is 6.72. The predicted octanol–water partition coefficient (Wildman–Crippen LogP) is 0.433. The fourth-order valence-electron chi connectivity index (χ4n) is 3.23. The second kappa shape index (κ2) is 7.21. The van der Waals surface area contributed by atoms with Gasteiger partial charge in [-0.05, 0) is 42.3 Å². The van der Waals surface area contributed by atoms with Crippen molar-refractivity contribution in [3.05, 3.63) is 48.0 Å². The molecule has 6 nitrogen and oxygen atoms in total. The van der Waals surface area contributed by atoms with Crippen LogP contribution in [0.2, 0.25) is 0 Å². The van der Waals surface area contributed by atoms with Gasteiger partial charge in [-0.15, -0.1) is 0 Å². The second-order valence-corrected chi connectivity index (χ2v) is 6.72. The van der Waals surface area contributed by atoms with Crippen LogP contribution in [0.3, 0.4) is 0 Å². The summed E-state index contributed by atoms with van der Waals surface area (Å²) >= 11 is 0. The van der Waals surface area contributed by atoms with Crippen molar-refractivity contribution in [1.82, 2.24) is 10.6 Å². The molecule has 6 N–H and O–H groups in total. The van der Waals surface area contributed by atoms with Crippen LogP contribution in [-0.2, 0) is 16.0 Å². The van der Waals surface area contributed by atoms with Crippen molar-refractivity contribution in [3.8, 4) is 0 Å². The number of rotatable bonds is 5. The first-order chi connectivity index (χ1) is 12.0. The van der Waals surface area contributed by atoms with Gasteiger partial charge in [-0.1, -0.05) is 42.5 Å². The third-order valence-electron chi connectivity index (χ3n) is 4.85. The van der Waals surface area contributed by atoms with E-state index in [2.05, 4.69) is 10.6 Å². The van der Waals surface area contributed by atoms with Gasteiger partial charge in [0.1, 0.15) is 6.04 Å². The Bertz CT molecular complexity index is 784. The van der Waals surface area contributed by atoms with Gasteiger partial charge in [0.25, 0.3) is 0 Å². The minimum Gasteiger partial charge on any atom is -0.368 e. The lowest BCUT2D eigenvalue weighted by molar-refractivity contribution is -0.131. The van der Waals surface area contributed by atoms with Gasteiger partial charge in [-0.2, -0.15) is 0 Å². The summed E-state index contributed by atoms with van der Waals surface area (Å²) in [4.78, 5) is 24.4. The van der Waals surface area contributed by atoms with Crippen molar-refractivity contribution in [2.24, 2.45) is 11.5 Å². The van der Waals surface area contributed by atoms with Crippen molar-refractivity contribution in [3.63, 3.8) is 0 Å². The summed E-state index contributed by atoms with van der Waals surface area (Å²) in [7, 11) is 0. The Hall–Kier alpha value is -2.44. The Morgan fingerprint density at radius 3 is 2.48 bits per heavy atom. The quantitative estimate of drug-likeness (QED) is 0.633. The van der Waals surface area contributed by atoms with Gasteiger partial charge in [0.15, 0.2) is 0 Å². The molecule has 0 unspecified atom stereocenters. The highest BCUT2D eigenvalue weighted by atomic mass is 16.2. The summed E-state index contributed by atoms with van der Waals surface area (Å²) < 4.78 is 0. The highest BCUT2D eigenvalue weighted by Crippen LogP contribution is 2.18. The lowest BCUT2D eigenvalue weighted by Gasteiger charge is -2.33. The summed E-state index contributed by atoms with van der Waals surface area (Å²) in [6, 6.07) is 13.2. The van der Waals surface area contributed by atoms with E-state index in [0.717, 1.165) is 16.3 Å². The van der Waals surface area contributed by atoms with Crippen LogP contribution >= 0.6 is 0 Å². The molecule has 6 heteroatoms. The highest BCUT2D eigenvalue weighted by Gasteiger charge is 2.37. The topological polar surface area (TPSA) is 110 Å². The third-order valence-corrected chi connectivity index (χ3v) is 4.85. The highest BCUT2D eigenvalue weighted by molar-refractivity contribution is 5.92. The lowest BCUT2D eigenvalue weighted by atomic mass is 9.88. The van der Waals surface area contributed by atoms with E-state index in [4.69, 9.17) is 11.5 Å². The van der Waals surface area contributed by atoms with Gasteiger partial charge in [0, 0.05) is 6.42 Å². The smallest absolute Gasteiger partial charge is 0.240 e. The van der Waals surface area contributed by atoms with Crippen molar-refractivity contribution < 1.29 is 9.59 Å². The Labute approximate surface area is 146 Å². The number of benzene rings is 2. The van der Waals surface area contributed by atoms with Crippen molar-refractivity contribution in [1.29, 1.82) is 0 Å². The number of carbonyl (C=O) groups excluding carboxylic acids is 2. The first kappa shape index (κ1) is 17.4. The molecule has 1 atom stereocenters. The summed E-state index contributed by atoms with van der Waals surface area (Å²) in [6.07, 6.45) is 1.43. The standard InChI is InChI=1S/C19H24N4O2/c20-17(24)16(23-18(25)19(21)7-9-22-10-8-19)12-13-5-6-14-3-1-2-4-15(14)11-13/h1-6,11,16,22H,7-10,12,21H2,(H2,20,24)(H,23,25)/t16-/m1/s1. The average molecular weight is 340 g/mol. The van der Waals surface area contributed by atoms with Crippen LogP contribution in [0, 0.1) is 0 Å². The number of nitrogens with two attached hydrogens (primary N) is 2. The summed E-state index contributed by atoms with van der Waals surface area (Å²) in [6.45, 7) is 1.38. The van der Waals surface area contributed by atoms with Crippen molar-refractivity contribution >= 4 is 22.6 Å². The Morgan fingerprint density at radius 2 is 1.80 bits per heavy atom. The van der Waals surface area contributed by atoms with Crippen molar-refractivity contribution in [2.75, 3.05) is 13.1 Å². The Kier molecular flexibility index (Phi) is 5.01. The molecule has 0 spiro atoms. The van der Waals surface area contributed by atoms with Crippen LogP contribution in [0.1, 0.15) is 18.4 Å². The molecule has 3 rings (SSSR count). The van der Waals surface area contributed by atoms with Crippen LogP contribution in [0.15, 0.2) is 42.5 Å². The number of hydrogen-bond acceptors (Lipinski definition) is 4. The molecule has 0 aliphatic carbocycles. The molecule has 2 aromatic rings. The molecule has 0 aromatic heterocycles. The van der Waals surface area contributed by atoms with E-state index >= 15 is 0 Å². The molecular weight excluding hydrogens is 316 g/mol.